The van der Waals surface area contributed by atoms with E-state index in [9.17, 15) is 19.5 Å². The van der Waals surface area contributed by atoms with Gasteiger partial charge < -0.3 is 29.4 Å². The van der Waals surface area contributed by atoms with Crippen molar-refractivity contribution in [1.29, 1.82) is 0 Å². The maximum Gasteiger partial charge on any atom is 0.457 e. The molecule has 2 amide bonds. The normalized spacial score (nSPS) is 18.9. The molecule has 0 spiro atoms. The predicted octanol–water partition coefficient (Wildman–Crippen LogP) is 6.54. The summed E-state index contributed by atoms with van der Waals surface area (Å²) in [6.07, 6.45) is 2.05. The number of nitrogens with zero attached hydrogens (tertiary/aromatic N) is 2. The van der Waals surface area contributed by atoms with Crippen molar-refractivity contribution in [3.63, 3.8) is 0 Å². The monoisotopic (exact) mass is 689 g/mol. The molecule has 47 heavy (non-hydrogen) atoms. The number of amides is 2. The van der Waals surface area contributed by atoms with Gasteiger partial charge in [-0.3, -0.25) is 9.69 Å². The second kappa shape index (κ2) is 16.0. The number of alkyl carbamates (subject to hydrolysis) is 1. The molecule has 10 nitrogen and oxygen atoms in total. The molecule has 0 aliphatic carbocycles. The Bertz CT molecular complexity index is 1370. The molecule has 2 aliphatic heterocycles. The van der Waals surface area contributed by atoms with Crippen LogP contribution in [0.25, 0.3) is 0 Å². The number of piperazine rings is 1. The van der Waals surface area contributed by atoms with E-state index in [4.69, 9.17) is 37.2 Å². The Morgan fingerprint density at radius 3 is 2.17 bits per heavy atom. The lowest BCUT2D eigenvalue weighted by molar-refractivity contribution is -0.145. The van der Waals surface area contributed by atoms with Crippen LogP contribution in [0.5, 0.6) is 0 Å². The van der Waals surface area contributed by atoms with Crippen molar-refractivity contribution >= 4 is 48.3 Å². The topological polar surface area (TPSA) is 118 Å². The summed E-state index contributed by atoms with van der Waals surface area (Å²) in [5, 5.41) is 13.9. The molecule has 1 unspecified atom stereocenters. The first kappa shape index (κ1) is 37.0. The highest BCUT2D eigenvalue weighted by molar-refractivity contribution is 6.45. The molecule has 2 aliphatic rings. The van der Waals surface area contributed by atoms with Crippen molar-refractivity contribution in [1.82, 2.24) is 15.1 Å². The summed E-state index contributed by atoms with van der Waals surface area (Å²) >= 11 is 12.1. The van der Waals surface area contributed by atoms with Crippen LogP contribution in [0, 0.1) is 0 Å². The summed E-state index contributed by atoms with van der Waals surface area (Å²) in [5.74, 6) is -1.20. The number of halogens is 2. The average Bonchev–Trinajstić information content (AvgIpc) is 3.24. The molecule has 4 rings (SSSR count). The van der Waals surface area contributed by atoms with Crippen molar-refractivity contribution in [2.75, 3.05) is 32.7 Å². The molecule has 13 heteroatoms. The Morgan fingerprint density at radius 2 is 1.55 bits per heavy atom. The van der Waals surface area contributed by atoms with Gasteiger partial charge in [-0.2, -0.15) is 0 Å². The van der Waals surface area contributed by atoms with Gasteiger partial charge in [0.25, 0.3) is 5.91 Å². The van der Waals surface area contributed by atoms with Gasteiger partial charge in [-0.25, -0.2) is 9.59 Å². The van der Waals surface area contributed by atoms with E-state index in [0.29, 0.717) is 73.9 Å². The first-order valence-electron chi connectivity index (χ1n) is 16.3. The molecule has 2 saturated heterocycles. The molecule has 0 aromatic heterocycles. The number of hydrogen-bond donors (Lipinski definition) is 2. The van der Waals surface area contributed by atoms with Gasteiger partial charge >= 0.3 is 19.2 Å². The zero-order valence-corrected chi connectivity index (χ0v) is 29.2. The molecule has 0 bridgehead atoms. The van der Waals surface area contributed by atoms with Gasteiger partial charge in [-0.1, -0.05) is 66.4 Å². The summed E-state index contributed by atoms with van der Waals surface area (Å²) in [4.78, 5) is 42.7. The number of ether oxygens (including phenoxy) is 1. The fraction of sp³-hybridized carbons (Fsp3) is 0.559. The molecule has 1 atom stereocenters. The number of unbranched alkanes of at least 4 members (excludes halogenated alkanes) is 1. The van der Waals surface area contributed by atoms with Crippen LogP contribution < -0.4 is 5.32 Å². The molecule has 2 aromatic rings. The summed E-state index contributed by atoms with van der Waals surface area (Å²) in [7, 11) is -0.370. The molecule has 2 aromatic carbocycles. The van der Waals surface area contributed by atoms with Crippen LogP contribution >= 0.6 is 23.2 Å². The zero-order valence-electron chi connectivity index (χ0n) is 27.7. The lowest BCUT2D eigenvalue weighted by Gasteiger charge is -2.36. The highest BCUT2D eigenvalue weighted by Crippen LogP contribution is 2.38. The standard InChI is InChI=1S/C34H46BCl2N3O7/c1-32(2)33(3,4)47-35(46-32)17-9-8-15-34(30(42)43,38-31(44)45-24-25-11-6-5-7-12-25)16-10-18-39-19-21-40(22-20-39)29(41)26-13-14-27(36)28(37)23-26/h5-7,11-14,23H,8-10,15-22,24H2,1-4H3,(H,38,44)(H,42,43). The maximum absolute atomic E-state index is 13.0. The number of carboxylic acid groups (broad SMARTS) is 1. The first-order valence-corrected chi connectivity index (χ1v) is 17.0. The van der Waals surface area contributed by atoms with Crippen LogP contribution in [-0.2, 0) is 25.4 Å². The first-order chi connectivity index (χ1) is 22.2. The number of hydrogen-bond acceptors (Lipinski definition) is 7. The summed E-state index contributed by atoms with van der Waals surface area (Å²) in [5.41, 5.74) is -1.08. The molecule has 256 valence electrons. The van der Waals surface area contributed by atoms with Crippen molar-refractivity contribution in [3.8, 4) is 0 Å². The smallest absolute Gasteiger partial charge is 0.457 e. The van der Waals surface area contributed by atoms with E-state index in [0.717, 1.165) is 5.56 Å². The second-order valence-electron chi connectivity index (χ2n) is 13.4. The lowest BCUT2D eigenvalue weighted by Crippen LogP contribution is -2.55. The summed E-state index contributed by atoms with van der Waals surface area (Å²) < 4.78 is 17.6. The van der Waals surface area contributed by atoms with Gasteiger partial charge in [0.2, 0.25) is 0 Å². The zero-order chi connectivity index (χ0) is 34.2. The van der Waals surface area contributed by atoms with E-state index in [1.165, 1.54) is 0 Å². The third kappa shape index (κ3) is 9.86. The minimum atomic E-state index is -1.50. The number of carboxylic acids is 1. The third-order valence-electron chi connectivity index (χ3n) is 9.46. The van der Waals surface area contributed by atoms with Gasteiger partial charge in [-0.15, -0.1) is 0 Å². The van der Waals surface area contributed by atoms with Crippen molar-refractivity contribution < 1.29 is 33.5 Å². The Kier molecular flexibility index (Phi) is 12.6. The number of nitrogens with one attached hydrogen (secondary N) is 1. The maximum atomic E-state index is 13.0. The number of benzene rings is 2. The third-order valence-corrected chi connectivity index (χ3v) is 10.2. The highest BCUT2D eigenvalue weighted by atomic mass is 35.5. The van der Waals surface area contributed by atoms with E-state index < -0.39 is 28.8 Å². The SMILES string of the molecule is CC1(C)OB(CCCCC(CCCN2CCN(C(=O)c3ccc(Cl)c(Cl)c3)CC2)(NC(=O)OCc2ccccc2)C(=O)O)OC1(C)C. The van der Waals surface area contributed by atoms with Gasteiger partial charge in [0.15, 0.2) is 0 Å². The molecular weight excluding hydrogens is 644 g/mol. The molecular formula is C34H46BCl2N3O7. The minimum absolute atomic E-state index is 0.0372. The quantitative estimate of drug-likeness (QED) is 0.170. The van der Waals surface area contributed by atoms with Crippen molar-refractivity contribution in [2.24, 2.45) is 0 Å². The molecule has 2 heterocycles. The van der Waals surface area contributed by atoms with E-state index in [1.807, 2.05) is 58.0 Å². The number of carbonyl (C=O) groups excluding carboxylic acids is 2. The van der Waals surface area contributed by atoms with E-state index in [-0.39, 0.29) is 32.5 Å². The molecule has 2 fully saturated rings. The van der Waals surface area contributed by atoms with Crippen LogP contribution in [0.4, 0.5) is 4.79 Å². The van der Waals surface area contributed by atoms with Crippen molar-refractivity contribution in [3.05, 3.63) is 69.7 Å². The molecule has 0 saturated carbocycles. The van der Waals surface area contributed by atoms with E-state index >= 15 is 0 Å². The largest absolute Gasteiger partial charge is 0.480 e. The average molecular weight is 690 g/mol. The summed E-state index contributed by atoms with van der Waals surface area (Å²) in [6, 6.07) is 14.1. The van der Waals surface area contributed by atoms with Gasteiger partial charge in [0.1, 0.15) is 12.1 Å². The van der Waals surface area contributed by atoms with Crippen LogP contribution in [0.1, 0.15) is 75.7 Å². The number of aliphatic carboxylic acids is 1. The second-order valence-corrected chi connectivity index (χ2v) is 14.2. The predicted molar refractivity (Wildman–Crippen MR) is 183 cm³/mol. The van der Waals surface area contributed by atoms with Crippen LogP contribution in [-0.4, -0.2) is 89.5 Å². The Hall–Kier alpha value is -2.83. The van der Waals surface area contributed by atoms with E-state index in [2.05, 4.69) is 10.2 Å². The Labute approximate surface area is 288 Å². The fourth-order valence-corrected chi connectivity index (χ4v) is 6.18. The van der Waals surface area contributed by atoms with E-state index in [1.54, 1.807) is 23.1 Å². The fourth-order valence-electron chi connectivity index (χ4n) is 5.88. The van der Waals surface area contributed by atoms with Gasteiger partial charge in [0, 0.05) is 31.7 Å². The minimum Gasteiger partial charge on any atom is -0.480 e. The summed E-state index contributed by atoms with van der Waals surface area (Å²) in [6.45, 7) is 11.0. The number of rotatable bonds is 14. The Morgan fingerprint density at radius 1 is 0.915 bits per heavy atom. The molecule has 2 N–H and O–H groups in total. The van der Waals surface area contributed by atoms with Crippen LogP contribution in [0.2, 0.25) is 16.4 Å². The lowest BCUT2D eigenvalue weighted by atomic mass is 9.80. The molecule has 0 radical (unpaired) electrons. The van der Waals surface area contributed by atoms with Crippen LogP contribution in [0.15, 0.2) is 48.5 Å². The highest BCUT2D eigenvalue weighted by Gasteiger charge is 2.50. The van der Waals surface area contributed by atoms with Crippen LogP contribution in [0.3, 0.4) is 0 Å². The van der Waals surface area contributed by atoms with Gasteiger partial charge in [-0.05, 0) is 83.6 Å². The Balaban J connectivity index is 1.32. The number of carbonyl (C=O) groups is 3. The van der Waals surface area contributed by atoms with Crippen molar-refractivity contribution in [2.45, 2.75) is 89.5 Å². The van der Waals surface area contributed by atoms with Gasteiger partial charge in [0.05, 0.1) is 21.2 Å².